The third-order valence-electron chi connectivity index (χ3n) is 2.72. The van der Waals surface area contributed by atoms with Crippen molar-refractivity contribution in [3.05, 3.63) is 17.0 Å². The molecule has 0 bridgehead atoms. The normalized spacial score (nSPS) is 10.6. The predicted molar refractivity (Wildman–Crippen MR) is 65.3 cm³/mol. The van der Waals surface area contributed by atoms with E-state index < -0.39 is 11.9 Å². The van der Waals surface area contributed by atoms with Gasteiger partial charge in [0.15, 0.2) is 0 Å². The van der Waals surface area contributed by atoms with E-state index in [0.29, 0.717) is 12.3 Å². The topological polar surface area (TPSA) is 81.9 Å². The first-order chi connectivity index (χ1) is 8.97. The van der Waals surface area contributed by atoms with Crippen molar-refractivity contribution in [3.8, 4) is 0 Å². The minimum Gasteiger partial charge on any atom is -0.468 e. The summed E-state index contributed by atoms with van der Waals surface area (Å²) >= 11 is 0. The molecule has 0 radical (unpaired) electrons. The zero-order valence-electron chi connectivity index (χ0n) is 11.6. The highest BCUT2D eigenvalue weighted by atomic mass is 16.5. The minimum absolute atomic E-state index is 0.00431. The molecule has 0 aromatic carbocycles. The molecule has 0 aliphatic carbocycles. The Morgan fingerprint density at radius 3 is 2.05 bits per heavy atom. The molecule has 0 aliphatic rings. The number of carbonyl (C=O) groups is 2. The molecule has 0 saturated carbocycles. The molecule has 106 valence electrons. The van der Waals surface area contributed by atoms with Crippen molar-refractivity contribution in [2.75, 3.05) is 27.3 Å². The molecule has 0 N–H and O–H groups in total. The van der Waals surface area contributed by atoms with Crippen molar-refractivity contribution < 1.29 is 23.6 Å². The molecule has 19 heavy (non-hydrogen) atoms. The second-order valence-electron chi connectivity index (χ2n) is 4.10. The van der Waals surface area contributed by atoms with Gasteiger partial charge in [-0.1, -0.05) is 5.16 Å². The quantitative estimate of drug-likeness (QED) is 0.693. The van der Waals surface area contributed by atoms with E-state index in [0.717, 1.165) is 11.3 Å². The van der Waals surface area contributed by atoms with E-state index in [-0.39, 0.29) is 13.1 Å². The first kappa shape index (κ1) is 15.2. The molecular formula is C12H18N2O5. The van der Waals surface area contributed by atoms with Crippen LogP contribution in [0.5, 0.6) is 0 Å². The average Bonchev–Trinajstić information content (AvgIpc) is 2.70. The lowest BCUT2D eigenvalue weighted by Crippen LogP contribution is -2.35. The molecule has 1 heterocycles. The van der Waals surface area contributed by atoms with Gasteiger partial charge in [0.1, 0.15) is 5.76 Å². The highest BCUT2D eigenvalue weighted by molar-refractivity contribution is 5.74. The van der Waals surface area contributed by atoms with Crippen LogP contribution in [0.15, 0.2) is 4.52 Å². The zero-order chi connectivity index (χ0) is 14.4. The molecule has 0 atom stereocenters. The fourth-order valence-electron chi connectivity index (χ4n) is 1.61. The van der Waals surface area contributed by atoms with Gasteiger partial charge in [0.25, 0.3) is 0 Å². The van der Waals surface area contributed by atoms with Crippen molar-refractivity contribution in [2.45, 2.75) is 20.4 Å². The SMILES string of the molecule is COC(=O)CN(CC(=O)OC)Cc1c(C)noc1C. The van der Waals surface area contributed by atoms with Crippen LogP contribution in [0.1, 0.15) is 17.0 Å². The number of carbonyl (C=O) groups excluding carboxylic acids is 2. The van der Waals surface area contributed by atoms with Crippen LogP contribution in [0.4, 0.5) is 0 Å². The van der Waals surface area contributed by atoms with Crippen LogP contribution < -0.4 is 0 Å². The van der Waals surface area contributed by atoms with Crippen LogP contribution in [0.3, 0.4) is 0 Å². The van der Waals surface area contributed by atoms with E-state index in [1.54, 1.807) is 18.7 Å². The van der Waals surface area contributed by atoms with Gasteiger partial charge in [0.05, 0.1) is 33.0 Å². The van der Waals surface area contributed by atoms with Gasteiger partial charge in [0, 0.05) is 12.1 Å². The molecule has 0 saturated heterocycles. The first-order valence-corrected chi connectivity index (χ1v) is 5.75. The van der Waals surface area contributed by atoms with E-state index in [1.165, 1.54) is 14.2 Å². The molecule has 0 aliphatic heterocycles. The third-order valence-corrected chi connectivity index (χ3v) is 2.72. The number of nitrogens with zero attached hydrogens (tertiary/aromatic N) is 2. The number of aryl methyl sites for hydroxylation is 2. The monoisotopic (exact) mass is 270 g/mol. The second-order valence-corrected chi connectivity index (χ2v) is 4.10. The van der Waals surface area contributed by atoms with Crippen molar-refractivity contribution in [1.82, 2.24) is 10.1 Å². The molecule has 1 rings (SSSR count). The fourth-order valence-corrected chi connectivity index (χ4v) is 1.61. The number of esters is 2. The lowest BCUT2D eigenvalue weighted by Gasteiger charge is -2.19. The number of ether oxygens (including phenoxy) is 2. The number of aromatic nitrogens is 1. The zero-order valence-corrected chi connectivity index (χ0v) is 11.6. The number of hydrogen-bond acceptors (Lipinski definition) is 7. The van der Waals surface area contributed by atoms with Gasteiger partial charge >= 0.3 is 11.9 Å². The highest BCUT2D eigenvalue weighted by Gasteiger charge is 2.19. The summed E-state index contributed by atoms with van der Waals surface area (Å²) in [4.78, 5) is 24.3. The molecular weight excluding hydrogens is 252 g/mol. The lowest BCUT2D eigenvalue weighted by atomic mass is 10.2. The van der Waals surface area contributed by atoms with E-state index in [9.17, 15) is 9.59 Å². The average molecular weight is 270 g/mol. The summed E-state index contributed by atoms with van der Waals surface area (Å²) in [6.45, 7) is 3.95. The number of rotatable bonds is 6. The van der Waals surface area contributed by atoms with E-state index in [2.05, 4.69) is 14.6 Å². The molecule has 7 nitrogen and oxygen atoms in total. The van der Waals surface area contributed by atoms with E-state index in [1.807, 2.05) is 0 Å². The Morgan fingerprint density at radius 1 is 1.16 bits per heavy atom. The molecule has 7 heteroatoms. The minimum atomic E-state index is -0.421. The summed E-state index contributed by atoms with van der Waals surface area (Å²) in [6.07, 6.45) is 0. The summed E-state index contributed by atoms with van der Waals surface area (Å²) < 4.78 is 14.3. The van der Waals surface area contributed by atoms with Gasteiger partial charge < -0.3 is 14.0 Å². The van der Waals surface area contributed by atoms with Gasteiger partial charge in [-0.05, 0) is 13.8 Å². The molecule has 0 unspecified atom stereocenters. The van der Waals surface area contributed by atoms with Gasteiger partial charge in [-0.15, -0.1) is 0 Å². The number of methoxy groups -OCH3 is 2. The van der Waals surface area contributed by atoms with Gasteiger partial charge in [-0.3, -0.25) is 14.5 Å². The smallest absolute Gasteiger partial charge is 0.319 e. The maximum atomic E-state index is 11.3. The van der Waals surface area contributed by atoms with E-state index in [4.69, 9.17) is 4.52 Å². The van der Waals surface area contributed by atoms with Crippen LogP contribution in [-0.2, 0) is 25.6 Å². The third kappa shape index (κ3) is 4.36. The maximum Gasteiger partial charge on any atom is 0.319 e. The van der Waals surface area contributed by atoms with Crippen LogP contribution in [0, 0.1) is 13.8 Å². The standard InChI is InChI=1S/C12H18N2O5/c1-8-10(9(2)19-13-8)5-14(6-11(15)17-3)7-12(16)18-4/h5-7H2,1-4H3. The van der Waals surface area contributed by atoms with Crippen molar-refractivity contribution >= 4 is 11.9 Å². The van der Waals surface area contributed by atoms with Crippen LogP contribution in [-0.4, -0.2) is 49.3 Å². The Hall–Kier alpha value is -1.89. The van der Waals surface area contributed by atoms with Gasteiger partial charge in [-0.25, -0.2) is 0 Å². The summed E-state index contributed by atoms with van der Waals surface area (Å²) in [5, 5.41) is 3.83. The summed E-state index contributed by atoms with van der Waals surface area (Å²) in [5.41, 5.74) is 1.59. The summed E-state index contributed by atoms with van der Waals surface area (Å²) in [5.74, 6) is -0.177. The molecule has 0 amide bonds. The van der Waals surface area contributed by atoms with Crippen LogP contribution in [0.2, 0.25) is 0 Å². The van der Waals surface area contributed by atoms with Crippen LogP contribution in [0.25, 0.3) is 0 Å². The Morgan fingerprint density at radius 2 is 1.68 bits per heavy atom. The molecule has 0 fully saturated rings. The Balaban J connectivity index is 2.78. The highest BCUT2D eigenvalue weighted by Crippen LogP contribution is 2.14. The molecule has 1 aromatic rings. The Kier molecular flexibility index (Phi) is 5.50. The van der Waals surface area contributed by atoms with Crippen LogP contribution >= 0.6 is 0 Å². The predicted octanol–water partition coefficient (Wildman–Crippen LogP) is 0.439. The molecule has 0 spiro atoms. The van der Waals surface area contributed by atoms with Crippen molar-refractivity contribution in [3.63, 3.8) is 0 Å². The van der Waals surface area contributed by atoms with Gasteiger partial charge in [-0.2, -0.15) is 0 Å². The fraction of sp³-hybridized carbons (Fsp3) is 0.583. The number of hydrogen-bond donors (Lipinski definition) is 0. The van der Waals surface area contributed by atoms with Crippen molar-refractivity contribution in [1.29, 1.82) is 0 Å². The summed E-state index contributed by atoms with van der Waals surface area (Å²) in [6, 6.07) is 0. The Labute approximate surface area is 111 Å². The largest absolute Gasteiger partial charge is 0.468 e. The van der Waals surface area contributed by atoms with E-state index >= 15 is 0 Å². The first-order valence-electron chi connectivity index (χ1n) is 5.75. The van der Waals surface area contributed by atoms with Crippen molar-refractivity contribution in [2.24, 2.45) is 0 Å². The Bertz CT molecular complexity index is 417. The van der Waals surface area contributed by atoms with Gasteiger partial charge in [0.2, 0.25) is 0 Å². The second kappa shape index (κ2) is 6.89. The summed E-state index contributed by atoms with van der Waals surface area (Å²) in [7, 11) is 2.60. The maximum absolute atomic E-state index is 11.3. The molecule has 1 aromatic heterocycles. The lowest BCUT2D eigenvalue weighted by molar-refractivity contribution is -0.145.